The maximum Gasteiger partial charge on any atom is 0.0544 e. The average molecular weight is 598 g/mol. The number of aryl methyl sites for hydroxylation is 1. The summed E-state index contributed by atoms with van der Waals surface area (Å²) in [5.74, 6) is 0. The van der Waals surface area contributed by atoms with Gasteiger partial charge in [0.15, 0.2) is 0 Å². The lowest BCUT2D eigenvalue weighted by Crippen LogP contribution is -2.22. The molecule has 1 aliphatic rings. The standard InChI is InChI=1S/C45H43N/c1-28-18-21-34-37(24-28)45(8,29-14-10-9-11-15-29)38-27-41(32-16-12-13-17-33(32)42(34)38)46-39-22-19-30(43(2,3)4)25-35(39)36-26-31(44(5,6)7)20-23-40(36)46/h9-27H,1-8H3. The van der Waals surface area contributed by atoms with Gasteiger partial charge in [-0.15, -0.1) is 0 Å². The van der Waals surface area contributed by atoms with E-state index in [9.17, 15) is 0 Å². The number of hydrogen-bond acceptors (Lipinski definition) is 0. The average Bonchev–Trinajstić information content (AvgIpc) is 3.49. The van der Waals surface area contributed by atoms with Gasteiger partial charge in [0, 0.05) is 21.6 Å². The first-order valence-electron chi connectivity index (χ1n) is 16.7. The highest BCUT2D eigenvalue weighted by atomic mass is 15.0. The second-order valence-corrected chi connectivity index (χ2v) is 15.7. The van der Waals surface area contributed by atoms with E-state index in [0.29, 0.717) is 0 Å². The molecule has 0 fully saturated rings. The van der Waals surface area contributed by atoms with Crippen LogP contribution >= 0.6 is 0 Å². The Morgan fingerprint density at radius 2 is 1.09 bits per heavy atom. The molecule has 228 valence electrons. The minimum Gasteiger partial charge on any atom is -0.309 e. The lowest BCUT2D eigenvalue weighted by molar-refractivity contribution is 0.590. The maximum absolute atomic E-state index is 2.55. The van der Waals surface area contributed by atoms with E-state index in [4.69, 9.17) is 0 Å². The summed E-state index contributed by atoms with van der Waals surface area (Å²) in [4.78, 5) is 0. The van der Waals surface area contributed by atoms with Crippen LogP contribution in [0.5, 0.6) is 0 Å². The van der Waals surface area contributed by atoms with Crippen LogP contribution < -0.4 is 0 Å². The monoisotopic (exact) mass is 597 g/mol. The largest absolute Gasteiger partial charge is 0.309 e. The van der Waals surface area contributed by atoms with Crippen molar-refractivity contribution in [1.29, 1.82) is 0 Å². The quantitative estimate of drug-likeness (QED) is 0.187. The second kappa shape index (κ2) is 9.69. The Hall–Kier alpha value is -4.62. The molecule has 0 saturated heterocycles. The normalized spacial score (nSPS) is 16.3. The summed E-state index contributed by atoms with van der Waals surface area (Å²) in [5.41, 5.74) is 14.4. The topological polar surface area (TPSA) is 4.93 Å². The molecule has 1 aliphatic carbocycles. The lowest BCUT2D eigenvalue weighted by Gasteiger charge is -2.29. The number of benzene rings is 6. The van der Waals surface area contributed by atoms with Crippen LogP contribution in [-0.4, -0.2) is 4.57 Å². The van der Waals surface area contributed by atoms with Crippen molar-refractivity contribution in [3.05, 3.63) is 149 Å². The minimum atomic E-state index is -0.283. The molecule has 1 heteroatoms. The van der Waals surface area contributed by atoms with Crippen molar-refractivity contribution < 1.29 is 0 Å². The van der Waals surface area contributed by atoms with Gasteiger partial charge < -0.3 is 4.57 Å². The molecule has 0 N–H and O–H groups in total. The van der Waals surface area contributed by atoms with Gasteiger partial charge in [0.05, 0.1) is 16.7 Å². The van der Waals surface area contributed by atoms with Gasteiger partial charge in [-0.05, 0) is 99.3 Å². The third-order valence-corrected chi connectivity index (χ3v) is 10.6. The first-order valence-corrected chi connectivity index (χ1v) is 16.7. The summed E-state index contributed by atoms with van der Waals surface area (Å²) in [6, 6.07) is 44.0. The van der Waals surface area contributed by atoms with E-state index >= 15 is 0 Å². The van der Waals surface area contributed by atoms with Crippen molar-refractivity contribution in [3.8, 4) is 16.8 Å². The number of fused-ring (bicyclic) bond motifs is 8. The predicted octanol–water partition coefficient (Wildman–Crippen LogP) is 12.2. The molecule has 1 atom stereocenters. The Bertz CT molecular complexity index is 2270. The zero-order valence-electron chi connectivity index (χ0n) is 28.4. The van der Waals surface area contributed by atoms with Gasteiger partial charge in [0.2, 0.25) is 0 Å². The van der Waals surface area contributed by atoms with Crippen LogP contribution in [-0.2, 0) is 16.2 Å². The highest BCUT2D eigenvalue weighted by Gasteiger charge is 2.42. The minimum absolute atomic E-state index is 0.0614. The number of rotatable bonds is 2. The molecule has 1 heterocycles. The molecular weight excluding hydrogens is 555 g/mol. The van der Waals surface area contributed by atoms with Crippen LogP contribution in [0.3, 0.4) is 0 Å². The van der Waals surface area contributed by atoms with Crippen molar-refractivity contribution in [2.75, 3.05) is 0 Å². The van der Waals surface area contributed by atoms with Gasteiger partial charge >= 0.3 is 0 Å². The Labute approximate surface area is 273 Å². The second-order valence-electron chi connectivity index (χ2n) is 15.7. The smallest absolute Gasteiger partial charge is 0.0544 e. The van der Waals surface area contributed by atoms with Crippen LogP contribution in [0.4, 0.5) is 0 Å². The van der Waals surface area contributed by atoms with Crippen molar-refractivity contribution in [1.82, 2.24) is 4.57 Å². The molecule has 0 aliphatic heterocycles. The third-order valence-electron chi connectivity index (χ3n) is 10.6. The summed E-state index contributed by atoms with van der Waals surface area (Å²) >= 11 is 0. The van der Waals surface area contributed by atoms with Crippen LogP contribution in [0, 0.1) is 6.92 Å². The first kappa shape index (κ1) is 28.8. The molecule has 6 aromatic carbocycles. The fraction of sp³-hybridized carbons (Fsp3) is 0.244. The van der Waals surface area contributed by atoms with E-state index in [1.54, 1.807) is 0 Å². The van der Waals surface area contributed by atoms with Crippen LogP contribution in [0.15, 0.2) is 115 Å². The lowest BCUT2D eigenvalue weighted by atomic mass is 9.73. The van der Waals surface area contributed by atoms with Crippen molar-refractivity contribution in [2.45, 2.75) is 71.6 Å². The van der Waals surface area contributed by atoms with E-state index < -0.39 is 0 Å². The van der Waals surface area contributed by atoms with Crippen molar-refractivity contribution in [3.63, 3.8) is 0 Å². The predicted molar refractivity (Wildman–Crippen MR) is 198 cm³/mol. The molecule has 0 radical (unpaired) electrons. The summed E-state index contributed by atoms with van der Waals surface area (Å²) in [6.07, 6.45) is 0. The highest BCUT2D eigenvalue weighted by Crippen LogP contribution is 2.56. The molecular formula is C45H43N. The maximum atomic E-state index is 2.55. The molecule has 1 unspecified atom stereocenters. The highest BCUT2D eigenvalue weighted by molar-refractivity contribution is 6.13. The third kappa shape index (κ3) is 4.07. The molecule has 0 bridgehead atoms. The molecule has 0 saturated carbocycles. The molecule has 0 spiro atoms. The van der Waals surface area contributed by atoms with Gasteiger partial charge in [-0.25, -0.2) is 0 Å². The van der Waals surface area contributed by atoms with E-state index in [1.807, 2.05) is 0 Å². The fourth-order valence-electron chi connectivity index (χ4n) is 7.96. The molecule has 46 heavy (non-hydrogen) atoms. The van der Waals surface area contributed by atoms with E-state index in [0.717, 1.165) is 0 Å². The Balaban J connectivity index is 1.53. The molecule has 0 amide bonds. The molecule has 1 aromatic heterocycles. The summed E-state index contributed by atoms with van der Waals surface area (Å²) in [7, 11) is 0. The molecule has 1 nitrogen and oxygen atoms in total. The van der Waals surface area contributed by atoms with Crippen LogP contribution in [0.2, 0.25) is 0 Å². The van der Waals surface area contributed by atoms with E-state index in [-0.39, 0.29) is 16.2 Å². The van der Waals surface area contributed by atoms with Gasteiger partial charge in [0.1, 0.15) is 0 Å². The van der Waals surface area contributed by atoms with E-state index in [1.165, 1.54) is 82.8 Å². The van der Waals surface area contributed by atoms with Crippen LogP contribution in [0.25, 0.3) is 49.4 Å². The Morgan fingerprint density at radius 1 is 0.522 bits per heavy atom. The van der Waals surface area contributed by atoms with E-state index in [2.05, 4.69) is 175 Å². The molecule has 8 rings (SSSR count). The number of hydrogen-bond donors (Lipinski definition) is 0. The summed E-state index contributed by atoms with van der Waals surface area (Å²) in [6.45, 7) is 18.5. The first-order chi connectivity index (χ1) is 21.9. The fourth-order valence-corrected chi connectivity index (χ4v) is 7.96. The number of aromatic nitrogens is 1. The molecule has 7 aromatic rings. The van der Waals surface area contributed by atoms with Crippen molar-refractivity contribution >= 4 is 32.6 Å². The SMILES string of the molecule is Cc1ccc2c(c1)C(C)(c1ccccc1)c1cc(-n3c4ccc(C(C)(C)C)cc4c4cc(C(C)(C)C)ccc43)c3ccccc3c1-2. The van der Waals surface area contributed by atoms with Gasteiger partial charge in [-0.2, -0.15) is 0 Å². The Morgan fingerprint density at radius 3 is 1.67 bits per heavy atom. The van der Waals surface area contributed by atoms with Gasteiger partial charge in [-0.3, -0.25) is 0 Å². The van der Waals surface area contributed by atoms with Gasteiger partial charge in [0.25, 0.3) is 0 Å². The number of nitrogens with zero attached hydrogens (tertiary/aromatic N) is 1. The van der Waals surface area contributed by atoms with Gasteiger partial charge in [-0.1, -0.05) is 132 Å². The zero-order valence-corrected chi connectivity index (χ0v) is 28.4. The summed E-state index contributed by atoms with van der Waals surface area (Å²) in [5, 5.41) is 5.24. The van der Waals surface area contributed by atoms with Crippen molar-refractivity contribution in [2.24, 2.45) is 0 Å². The summed E-state index contributed by atoms with van der Waals surface area (Å²) < 4.78 is 2.55. The zero-order chi connectivity index (χ0) is 32.2. The van der Waals surface area contributed by atoms with Crippen LogP contribution in [0.1, 0.15) is 81.8 Å². The Kier molecular flexibility index (Phi) is 6.07.